The molecule has 2 rings (SSSR count). The van der Waals surface area contributed by atoms with Gasteiger partial charge in [-0.2, -0.15) is 0 Å². The number of sulfonamides is 1. The number of benzene rings is 1. The first-order chi connectivity index (χ1) is 9.44. The topological polar surface area (TPSA) is 101 Å². The maximum atomic E-state index is 12.3. The van der Waals surface area contributed by atoms with E-state index in [2.05, 4.69) is 14.7 Å². The van der Waals surface area contributed by atoms with Crippen molar-refractivity contribution in [2.75, 3.05) is 0 Å². The van der Waals surface area contributed by atoms with Crippen molar-refractivity contribution in [3.8, 4) is 0 Å². The highest BCUT2D eigenvalue weighted by Gasteiger charge is 2.22. The minimum atomic E-state index is -3.72. The smallest absolute Gasteiger partial charge is 0.242 e. The molecule has 0 aliphatic rings. The van der Waals surface area contributed by atoms with E-state index in [0.717, 1.165) is 5.56 Å². The highest BCUT2D eigenvalue weighted by atomic mass is 35.5. The van der Waals surface area contributed by atoms with E-state index in [9.17, 15) is 8.42 Å². The van der Waals surface area contributed by atoms with Crippen molar-refractivity contribution in [1.29, 1.82) is 0 Å². The Morgan fingerprint density at radius 3 is 2.80 bits per heavy atom. The highest BCUT2D eigenvalue weighted by molar-refractivity contribution is 7.89. The number of H-pyrrole nitrogens is 1. The van der Waals surface area contributed by atoms with Crippen LogP contribution in [0.1, 0.15) is 24.4 Å². The standard InChI is InChI=1S/C12H15ClN4O2S/c1-8(12-15-4-5-16-12)17-20(18,19)11-3-2-9(7-14)6-10(11)13/h2-6,8,17H,7,14H2,1H3,(H,15,16). The second-order valence-electron chi connectivity index (χ2n) is 4.29. The van der Waals surface area contributed by atoms with E-state index in [1.54, 1.807) is 31.5 Å². The fourth-order valence-corrected chi connectivity index (χ4v) is 3.53. The average Bonchev–Trinajstić information content (AvgIpc) is 2.91. The molecule has 1 heterocycles. The zero-order valence-corrected chi connectivity index (χ0v) is 12.4. The van der Waals surface area contributed by atoms with Crippen LogP contribution in [0.2, 0.25) is 5.02 Å². The van der Waals surface area contributed by atoms with Gasteiger partial charge in [0, 0.05) is 18.9 Å². The van der Waals surface area contributed by atoms with Crippen LogP contribution in [0.3, 0.4) is 0 Å². The van der Waals surface area contributed by atoms with Gasteiger partial charge in [0.05, 0.1) is 11.1 Å². The SMILES string of the molecule is CC(NS(=O)(=O)c1ccc(CN)cc1Cl)c1ncc[nH]1. The fourth-order valence-electron chi connectivity index (χ4n) is 1.76. The summed E-state index contributed by atoms with van der Waals surface area (Å²) in [5.74, 6) is 0.531. The van der Waals surface area contributed by atoms with Gasteiger partial charge in [0.15, 0.2) is 0 Å². The summed E-state index contributed by atoms with van der Waals surface area (Å²) in [6.45, 7) is 1.99. The zero-order valence-electron chi connectivity index (χ0n) is 10.8. The van der Waals surface area contributed by atoms with Crippen LogP contribution in [0.15, 0.2) is 35.5 Å². The third-order valence-electron chi connectivity index (χ3n) is 2.78. The van der Waals surface area contributed by atoms with Gasteiger partial charge in [-0.25, -0.2) is 18.1 Å². The monoisotopic (exact) mass is 314 g/mol. The molecule has 2 aromatic rings. The lowest BCUT2D eigenvalue weighted by molar-refractivity contribution is 0.561. The predicted octanol–water partition coefficient (Wildman–Crippen LogP) is 1.56. The van der Waals surface area contributed by atoms with Crippen LogP contribution in [0.4, 0.5) is 0 Å². The number of hydrogen-bond acceptors (Lipinski definition) is 4. The Bertz CT molecular complexity index is 685. The summed E-state index contributed by atoms with van der Waals surface area (Å²) in [4.78, 5) is 6.89. The Morgan fingerprint density at radius 2 is 2.25 bits per heavy atom. The Labute approximate surface area is 122 Å². The normalized spacial score (nSPS) is 13.3. The van der Waals surface area contributed by atoms with Crippen molar-refractivity contribution in [3.05, 3.63) is 47.0 Å². The molecule has 4 N–H and O–H groups in total. The molecule has 1 aromatic carbocycles. The summed E-state index contributed by atoms with van der Waals surface area (Å²) < 4.78 is 27.1. The lowest BCUT2D eigenvalue weighted by atomic mass is 10.2. The first-order valence-corrected chi connectivity index (χ1v) is 7.80. The number of nitrogens with two attached hydrogens (primary N) is 1. The third kappa shape index (κ3) is 3.18. The Morgan fingerprint density at radius 1 is 1.50 bits per heavy atom. The van der Waals surface area contributed by atoms with Crippen LogP contribution < -0.4 is 10.5 Å². The fraction of sp³-hybridized carbons (Fsp3) is 0.250. The predicted molar refractivity (Wildman–Crippen MR) is 76.7 cm³/mol. The third-order valence-corrected chi connectivity index (χ3v) is 4.81. The molecular formula is C12H15ClN4O2S. The molecular weight excluding hydrogens is 300 g/mol. The van der Waals surface area contributed by atoms with Crippen molar-refractivity contribution in [2.24, 2.45) is 5.73 Å². The number of aromatic amines is 1. The molecule has 1 unspecified atom stereocenters. The maximum Gasteiger partial charge on any atom is 0.242 e. The van der Waals surface area contributed by atoms with Gasteiger partial charge in [0.1, 0.15) is 10.7 Å². The minimum absolute atomic E-state index is 0.0229. The van der Waals surface area contributed by atoms with Crippen molar-refractivity contribution in [3.63, 3.8) is 0 Å². The number of imidazole rings is 1. The first-order valence-electron chi connectivity index (χ1n) is 5.94. The van der Waals surface area contributed by atoms with Gasteiger partial charge in [-0.05, 0) is 24.6 Å². The quantitative estimate of drug-likeness (QED) is 0.779. The lowest BCUT2D eigenvalue weighted by Gasteiger charge is -2.13. The summed E-state index contributed by atoms with van der Waals surface area (Å²) in [6.07, 6.45) is 3.19. The van der Waals surface area contributed by atoms with Crippen LogP contribution in [0.25, 0.3) is 0 Å². The Hall–Kier alpha value is -1.41. The second-order valence-corrected chi connectivity index (χ2v) is 6.38. The molecule has 108 valence electrons. The summed E-state index contributed by atoms with van der Waals surface area (Å²) in [7, 11) is -3.72. The van der Waals surface area contributed by atoms with E-state index in [-0.39, 0.29) is 9.92 Å². The molecule has 0 amide bonds. The Balaban J connectivity index is 2.27. The molecule has 20 heavy (non-hydrogen) atoms. The van der Waals surface area contributed by atoms with Crippen LogP contribution in [0.5, 0.6) is 0 Å². The van der Waals surface area contributed by atoms with Gasteiger partial charge in [0.2, 0.25) is 10.0 Å². The van der Waals surface area contributed by atoms with Gasteiger partial charge < -0.3 is 10.7 Å². The van der Waals surface area contributed by atoms with Gasteiger partial charge in [-0.1, -0.05) is 17.7 Å². The van der Waals surface area contributed by atoms with E-state index in [4.69, 9.17) is 17.3 Å². The van der Waals surface area contributed by atoms with E-state index >= 15 is 0 Å². The molecule has 1 aromatic heterocycles. The van der Waals surface area contributed by atoms with Crippen molar-refractivity contribution in [2.45, 2.75) is 24.4 Å². The summed E-state index contributed by atoms with van der Waals surface area (Å²) in [6, 6.07) is 4.15. The molecule has 0 aliphatic carbocycles. The van der Waals surface area contributed by atoms with Crippen molar-refractivity contribution in [1.82, 2.24) is 14.7 Å². The molecule has 0 spiro atoms. The summed E-state index contributed by atoms with van der Waals surface area (Å²) >= 11 is 6.00. The molecule has 1 atom stereocenters. The molecule has 0 bridgehead atoms. The number of halogens is 1. The highest BCUT2D eigenvalue weighted by Crippen LogP contribution is 2.24. The van der Waals surface area contributed by atoms with Crippen LogP contribution in [-0.2, 0) is 16.6 Å². The molecule has 6 nitrogen and oxygen atoms in total. The summed E-state index contributed by atoms with van der Waals surface area (Å²) in [5.41, 5.74) is 6.26. The van der Waals surface area contributed by atoms with Crippen molar-refractivity contribution < 1.29 is 8.42 Å². The van der Waals surface area contributed by atoms with Crippen molar-refractivity contribution >= 4 is 21.6 Å². The number of nitrogens with zero attached hydrogens (tertiary/aromatic N) is 1. The van der Waals surface area contributed by atoms with Crippen LogP contribution in [0, 0.1) is 0 Å². The van der Waals surface area contributed by atoms with Crippen LogP contribution >= 0.6 is 11.6 Å². The average molecular weight is 315 g/mol. The van der Waals surface area contributed by atoms with Gasteiger partial charge in [-0.15, -0.1) is 0 Å². The summed E-state index contributed by atoms with van der Waals surface area (Å²) in [5, 5.41) is 0.145. The molecule has 0 fully saturated rings. The Kier molecular flexibility index (Phi) is 4.44. The number of rotatable bonds is 5. The maximum absolute atomic E-state index is 12.3. The second kappa shape index (κ2) is 5.92. The minimum Gasteiger partial charge on any atom is -0.347 e. The zero-order chi connectivity index (χ0) is 14.8. The van der Waals surface area contributed by atoms with Gasteiger partial charge >= 0.3 is 0 Å². The van der Waals surface area contributed by atoms with E-state index in [1.807, 2.05) is 0 Å². The largest absolute Gasteiger partial charge is 0.347 e. The lowest BCUT2D eigenvalue weighted by Crippen LogP contribution is -2.27. The molecule has 0 saturated carbocycles. The van der Waals surface area contributed by atoms with Crippen LogP contribution in [-0.4, -0.2) is 18.4 Å². The number of nitrogens with one attached hydrogen (secondary N) is 2. The van der Waals surface area contributed by atoms with Gasteiger partial charge in [0.25, 0.3) is 0 Å². The molecule has 0 radical (unpaired) electrons. The number of hydrogen-bond donors (Lipinski definition) is 3. The molecule has 0 saturated heterocycles. The van der Waals surface area contributed by atoms with Gasteiger partial charge in [-0.3, -0.25) is 0 Å². The molecule has 0 aliphatic heterocycles. The number of aromatic nitrogens is 2. The van der Waals surface area contributed by atoms with E-state index < -0.39 is 16.1 Å². The first kappa shape index (κ1) is 15.0. The molecule has 8 heteroatoms. The van der Waals surface area contributed by atoms with E-state index in [1.165, 1.54) is 6.07 Å². The van der Waals surface area contributed by atoms with E-state index in [0.29, 0.717) is 12.4 Å².